The van der Waals surface area contributed by atoms with E-state index in [1.807, 2.05) is 53.0 Å². The van der Waals surface area contributed by atoms with Crippen LogP contribution in [0.2, 0.25) is 0 Å². The number of piperidine rings is 1. The van der Waals surface area contributed by atoms with Gasteiger partial charge in [0.15, 0.2) is 0 Å². The molecule has 0 atom stereocenters. The molecule has 0 radical (unpaired) electrons. The first-order valence-corrected chi connectivity index (χ1v) is 10.3. The van der Waals surface area contributed by atoms with E-state index in [-0.39, 0.29) is 11.9 Å². The van der Waals surface area contributed by atoms with Crippen molar-refractivity contribution in [3.63, 3.8) is 0 Å². The van der Waals surface area contributed by atoms with Gasteiger partial charge in [0.1, 0.15) is 0 Å². The summed E-state index contributed by atoms with van der Waals surface area (Å²) in [7, 11) is 1.35. The summed E-state index contributed by atoms with van der Waals surface area (Å²) in [6.45, 7) is 3.30. The van der Waals surface area contributed by atoms with Crippen LogP contribution in [0.15, 0.2) is 55.0 Å². The van der Waals surface area contributed by atoms with Crippen molar-refractivity contribution in [1.82, 2.24) is 19.7 Å². The van der Waals surface area contributed by atoms with E-state index in [4.69, 9.17) is 4.74 Å². The topological polar surface area (TPSA) is 89.4 Å². The Bertz CT molecular complexity index is 1070. The number of carbonyl (C=O) groups is 2. The van der Waals surface area contributed by atoms with Crippen LogP contribution in [0.3, 0.4) is 0 Å². The Morgan fingerprint density at radius 2 is 1.84 bits per heavy atom. The number of likely N-dealkylation sites (tertiary alicyclic amines) is 1. The van der Waals surface area contributed by atoms with Crippen LogP contribution in [0.5, 0.6) is 0 Å². The monoisotopic (exact) mass is 419 g/mol. The molecule has 0 saturated carbocycles. The number of nitrogens with one attached hydrogen (secondary N) is 1. The van der Waals surface area contributed by atoms with Crippen LogP contribution in [-0.2, 0) is 4.74 Å². The van der Waals surface area contributed by atoms with E-state index < -0.39 is 5.97 Å². The van der Waals surface area contributed by atoms with Crippen molar-refractivity contribution in [3.8, 4) is 0 Å². The van der Waals surface area contributed by atoms with Crippen molar-refractivity contribution < 1.29 is 14.3 Å². The number of methoxy groups -OCH3 is 1. The van der Waals surface area contributed by atoms with Gasteiger partial charge in [0.2, 0.25) is 0 Å². The molecule has 1 fully saturated rings. The summed E-state index contributed by atoms with van der Waals surface area (Å²) in [5.74, 6) is -0.352. The van der Waals surface area contributed by atoms with Gasteiger partial charge in [0.05, 0.1) is 42.0 Å². The lowest BCUT2D eigenvalue weighted by molar-refractivity contribution is 0.0601. The zero-order valence-electron chi connectivity index (χ0n) is 17.6. The van der Waals surface area contributed by atoms with Gasteiger partial charge in [-0.25, -0.2) is 4.79 Å². The van der Waals surface area contributed by atoms with Crippen LogP contribution in [0.1, 0.15) is 45.3 Å². The number of anilines is 2. The maximum Gasteiger partial charge on any atom is 0.340 e. The molecular weight excluding hydrogens is 394 g/mol. The highest BCUT2D eigenvalue weighted by atomic mass is 16.5. The predicted molar refractivity (Wildman–Crippen MR) is 116 cm³/mol. The van der Waals surface area contributed by atoms with Crippen LogP contribution in [0, 0.1) is 6.92 Å². The van der Waals surface area contributed by atoms with Gasteiger partial charge in [-0.15, -0.1) is 0 Å². The molecule has 1 aliphatic rings. The molecule has 8 heteroatoms. The second-order valence-electron chi connectivity index (χ2n) is 7.54. The normalized spacial score (nSPS) is 14.3. The molecule has 31 heavy (non-hydrogen) atoms. The highest BCUT2D eigenvalue weighted by molar-refractivity contribution is 5.96. The first-order valence-electron chi connectivity index (χ1n) is 10.3. The van der Waals surface area contributed by atoms with Crippen LogP contribution in [0.25, 0.3) is 0 Å². The summed E-state index contributed by atoms with van der Waals surface area (Å²) in [6, 6.07) is 11.2. The lowest BCUT2D eigenvalue weighted by Gasteiger charge is -2.32. The summed E-state index contributed by atoms with van der Waals surface area (Å²) < 4.78 is 6.80. The van der Waals surface area contributed by atoms with Crippen LogP contribution in [0.4, 0.5) is 11.4 Å². The van der Waals surface area contributed by atoms with Crippen molar-refractivity contribution in [3.05, 3.63) is 71.8 Å². The summed E-state index contributed by atoms with van der Waals surface area (Å²) in [4.78, 5) is 30.7. The molecule has 160 valence electrons. The number of aromatic nitrogens is 3. The lowest BCUT2D eigenvalue weighted by Crippen LogP contribution is -2.39. The minimum Gasteiger partial charge on any atom is -0.465 e. The summed E-state index contributed by atoms with van der Waals surface area (Å²) in [5.41, 5.74) is 3.33. The van der Waals surface area contributed by atoms with Crippen LogP contribution in [-0.4, -0.2) is 51.7 Å². The number of rotatable bonds is 5. The second-order valence-corrected chi connectivity index (χ2v) is 7.54. The molecule has 0 unspecified atom stereocenters. The third-order valence-electron chi connectivity index (χ3n) is 5.56. The van der Waals surface area contributed by atoms with Gasteiger partial charge in [-0.3, -0.25) is 14.5 Å². The minimum absolute atomic E-state index is 0.0740. The lowest BCUT2D eigenvalue weighted by atomic mass is 10.0. The third-order valence-corrected chi connectivity index (χ3v) is 5.56. The van der Waals surface area contributed by atoms with E-state index >= 15 is 0 Å². The highest BCUT2D eigenvalue weighted by Gasteiger charge is 2.25. The second kappa shape index (κ2) is 8.99. The molecule has 3 heterocycles. The summed E-state index contributed by atoms with van der Waals surface area (Å²) in [5, 5.41) is 7.92. The Morgan fingerprint density at radius 1 is 1.10 bits per heavy atom. The number of nitrogens with zero attached hydrogens (tertiary/aromatic N) is 4. The average Bonchev–Trinajstić information content (AvgIpc) is 3.19. The van der Waals surface area contributed by atoms with E-state index in [1.54, 1.807) is 18.5 Å². The quantitative estimate of drug-likeness (QED) is 0.636. The van der Waals surface area contributed by atoms with E-state index in [0.717, 1.165) is 29.8 Å². The molecular formula is C23H25N5O3. The fourth-order valence-electron chi connectivity index (χ4n) is 3.82. The fraction of sp³-hybridized carbons (Fsp3) is 0.304. The van der Waals surface area contributed by atoms with Gasteiger partial charge in [0.25, 0.3) is 5.91 Å². The first-order chi connectivity index (χ1) is 15.1. The van der Waals surface area contributed by atoms with Crippen molar-refractivity contribution in [1.29, 1.82) is 0 Å². The standard InChI is InChI=1S/C23H25N5O3/c1-16-21(25-20-14-24-11-8-19(20)23(30)31-2)15-28(26-16)18-9-12-27(13-10-18)22(29)17-6-4-3-5-7-17/h3-8,11,14-15,18,25H,9-10,12-13H2,1-2H3. The number of hydrogen-bond acceptors (Lipinski definition) is 6. The maximum atomic E-state index is 12.7. The Hall–Kier alpha value is -3.68. The van der Waals surface area contributed by atoms with Gasteiger partial charge in [-0.2, -0.15) is 5.10 Å². The molecule has 1 aliphatic heterocycles. The predicted octanol–water partition coefficient (Wildman–Crippen LogP) is 3.59. The van der Waals surface area contributed by atoms with Crippen molar-refractivity contribution in [2.45, 2.75) is 25.8 Å². The zero-order valence-corrected chi connectivity index (χ0v) is 17.6. The van der Waals surface area contributed by atoms with Gasteiger partial charge >= 0.3 is 5.97 Å². The molecule has 0 spiro atoms. The van der Waals surface area contributed by atoms with Crippen molar-refractivity contribution in [2.75, 3.05) is 25.5 Å². The number of hydrogen-bond donors (Lipinski definition) is 1. The summed E-state index contributed by atoms with van der Waals surface area (Å²) >= 11 is 0. The average molecular weight is 419 g/mol. The molecule has 1 N–H and O–H groups in total. The van der Waals surface area contributed by atoms with E-state index in [2.05, 4.69) is 15.4 Å². The molecule has 8 nitrogen and oxygen atoms in total. The first kappa shape index (κ1) is 20.6. The summed E-state index contributed by atoms with van der Waals surface area (Å²) in [6.07, 6.45) is 6.76. The minimum atomic E-state index is -0.426. The van der Waals surface area contributed by atoms with Gasteiger partial charge < -0.3 is 15.0 Å². The highest BCUT2D eigenvalue weighted by Crippen LogP contribution is 2.28. The SMILES string of the molecule is COC(=O)c1ccncc1Nc1cn(C2CCN(C(=O)c3ccccc3)CC2)nc1C. The number of aryl methyl sites for hydroxylation is 1. The third kappa shape index (κ3) is 4.42. The molecule has 0 aliphatic carbocycles. The van der Waals surface area contributed by atoms with Gasteiger partial charge in [-0.1, -0.05) is 18.2 Å². The van der Waals surface area contributed by atoms with Crippen LogP contribution < -0.4 is 5.32 Å². The number of ether oxygens (including phenoxy) is 1. The molecule has 1 aromatic carbocycles. The molecule has 4 rings (SSSR count). The Balaban J connectivity index is 1.43. The molecule has 1 amide bonds. The van der Waals surface area contributed by atoms with E-state index in [1.165, 1.54) is 7.11 Å². The maximum absolute atomic E-state index is 12.7. The zero-order chi connectivity index (χ0) is 21.8. The van der Waals surface area contributed by atoms with Gasteiger partial charge in [-0.05, 0) is 38.0 Å². The van der Waals surface area contributed by atoms with Crippen molar-refractivity contribution in [2.24, 2.45) is 0 Å². The fourth-order valence-corrected chi connectivity index (χ4v) is 3.82. The van der Waals surface area contributed by atoms with Gasteiger partial charge in [0, 0.05) is 31.0 Å². The van der Waals surface area contributed by atoms with E-state index in [9.17, 15) is 9.59 Å². The van der Waals surface area contributed by atoms with Crippen molar-refractivity contribution >= 4 is 23.3 Å². The largest absolute Gasteiger partial charge is 0.465 e. The molecule has 3 aromatic rings. The smallest absolute Gasteiger partial charge is 0.340 e. The number of benzene rings is 1. The molecule has 2 aromatic heterocycles. The Kier molecular flexibility index (Phi) is 5.97. The molecule has 0 bridgehead atoms. The number of esters is 1. The molecule has 1 saturated heterocycles. The number of pyridine rings is 1. The number of amides is 1. The Morgan fingerprint density at radius 3 is 2.55 bits per heavy atom. The Labute approximate surface area is 180 Å². The van der Waals surface area contributed by atoms with Crippen LogP contribution >= 0.6 is 0 Å². The number of carbonyl (C=O) groups excluding carboxylic acids is 2. The van der Waals surface area contributed by atoms with E-state index in [0.29, 0.717) is 24.3 Å².